The molecule has 1 aliphatic heterocycles. The van der Waals surface area contributed by atoms with Crippen molar-refractivity contribution in [3.05, 3.63) is 36.3 Å². The summed E-state index contributed by atoms with van der Waals surface area (Å²) in [6, 6.07) is 4.38. The van der Waals surface area contributed by atoms with E-state index < -0.39 is 11.9 Å². The number of carbonyl (C=O) groups excluding carboxylic acids is 2. The van der Waals surface area contributed by atoms with Gasteiger partial charge in [0.15, 0.2) is 0 Å². The third-order valence-electron chi connectivity index (χ3n) is 1.86. The van der Waals surface area contributed by atoms with Crippen LogP contribution in [0.15, 0.2) is 30.7 Å². The first kappa shape index (κ1) is 10.2. The number of esters is 2. The Morgan fingerprint density at radius 2 is 2.12 bits per heavy atom. The van der Waals surface area contributed by atoms with Crippen molar-refractivity contribution in [3.63, 3.8) is 0 Å². The second-order valence-electron chi connectivity index (χ2n) is 3.12. The van der Waals surface area contributed by atoms with Gasteiger partial charge in [0, 0.05) is 13.0 Å². The van der Waals surface area contributed by atoms with E-state index in [1.54, 1.807) is 0 Å². The van der Waals surface area contributed by atoms with Gasteiger partial charge in [-0.2, -0.15) is 0 Å². The summed E-state index contributed by atoms with van der Waals surface area (Å²) < 4.78 is 14.6. The van der Waals surface area contributed by atoms with Crippen LogP contribution in [0.25, 0.3) is 0 Å². The molecule has 0 saturated carbocycles. The average Bonchev–Trinajstić information content (AvgIpc) is 2.15. The molecule has 0 aromatic heterocycles. The lowest BCUT2D eigenvalue weighted by Crippen LogP contribution is -2.16. The van der Waals surface area contributed by atoms with Crippen LogP contribution in [-0.2, 0) is 9.53 Å². The zero-order valence-electron chi connectivity index (χ0n) is 8.48. The van der Waals surface area contributed by atoms with Crippen LogP contribution in [-0.4, -0.2) is 11.9 Å². The van der Waals surface area contributed by atoms with Gasteiger partial charge in [-0.05, 0) is 18.7 Å². The molecule has 1 aliphatic rings. The van der Waals surface area contributed by atoms with Gasteiger partial charge in [-0.15, -0.1) is 0 Å². The van der Waals surface area contributed by atoms with Crippen LogP contribution >= 0.6 is 0 Å². The summed E-state index contributed by atoms with van der Waals surface area (Å²) in [5.74, 6) is -0.524. The summed E-state index contributed by atoms with van der Waals surface area (Å²) in [6.07, 6.45) is 0. The van der Waals surface area contributed by atoms with Crippen LogP contribution < -0.4 is 9.47 Å². The maximum absolute atomic E-state index is 11.4. The summed E-state index contributed by atoms with van der Waals surface area (Å²) >= 11 is 0. The third-order valence-corrected chi connectivity index (χ3v) is 1.86. The molecule has 0 bridgehead atoms. The van der Waals surface area contributed by atoms with Gasteiger partial charge < -0.3 is 14.2 Å². The molecule has 0 saturated heterocycles. The number of carbonyl (C=O) groups is 2. The minimum absolute atomic E-state index is 0.0996. The zero-order chi connectivity index (χ0) is 11.7. The molecule has 0 aliphatic carbocycles. The van der Waals surface area contributed by atoms with Crippen molar-refractivity contribution < 1.29 is 23.8 Å². The molecule has 5 heteroatoms. The van der Waals surface area contributed by atoms with Crippen molar-refractivity contribution in [2.45, 2.75) is 6.92 Å². The smallest absolute Gasteiger partial charge is 0.349 e. The second-order valence-corrected chi connectivity index (χ2v) is 3.12. The molecule has 1 heterocycles. The fraction of sp³-hybridized carbons (Fsp3) is 0.0909. The highest BCUT2D eigenvalue weighted by Gasteiger charge is 2.23. The molecule has 0 fully saturated rings. The molecular weight excluding hydrogens is 212 g/mol. The topological polar surface area (TPSA) is 61.8 Å². The lowest BCUT2D eigenvalue weighted by atomic mass is 10.2. The predicted octanol–water partition coefficient (Wildman–Crippen LogP) is 1.63. The fourth-order valence-corrected chi connectivity index (χ4v) is 1.29. The first-order chi connectivity index (χ1) is 7.56. The van der Waals surface area contributed by atoms with Crippen LogP contribution in [0.3, 0.4) is 0 Å². The van der Waals surface area contributed by atoms with E-state index in [1.807, 2.05) is 0 Å². The second kappa shape index (κ2) is 3.69. The lowest BCUT2D eigenvalue weighted by molar-refractivity contribution is -0.131. The van der Waals surface area contributed by atoms with E-state index >= 15 is 0 Å². The van der Waals surface area contributed by atoms with Crippen molar-refractivity contribution in [2.75, 3.05) is 0 Å². The number of hydrogen-bond acceptors (Lipinski definition) is 5. The molecule has 1 aromatic carbocycles. The SMILES string of the molecule is C=C1OC(=O)c2ccc(OC(C)=O)cc2O1. The van der Waals surface area contributed by atoms with E-state index in [0.29, 0.717) is 5.75 Å². The van der Waals surface area contributed by atoms with Crippen molar-refractivity contribution in [2.24, 2.45) is 0 Å². The normalized spacial score (nSPS) is 13.6. The summed E-state index contributed by atoms with van der Waals surface area (Å²) in [6.45, 7) is 4.67. The Morgan fingerprint density at radius 3 is 2.81 bits per heavy atom. The summed E-state index contributed by atoms with van der Waals surface area (Å²) in [5, 5.41) is 0. The van der Waals surface area contributed by atoms with Gasteiger partial charge in [-0.1, -0.05) is 0 Å². The van der Waals surface area contributed by atoms with E-state index in [0.717, 1.165) is 0 Å². The largest absolute Gasteiger partial charge is 0.427 e. The fourth-order valence-electron chi connectivity index (χ4n) is 1.29. The number of hydrogen-bond donors (Lipinski definition) is 0. The summed E-state index contributed by atoms with van der Waals surface area (Å²) in [4.78, 5) is 22.1. The highest BCUT2D eigenvalue weighted by atomic mass is 16.7. The zero-order valence-corrected chi connectivity index (χ0v) is 8.48. The number of cyclic esters (lactones) is 1. The molecule has 0 unspecified atom stereocenters. The quantitative estimate of drug-likeness (QED) is 0.531. The highest BCUT2D eigenvalue weighted by molar-refractivity contribution is 5.94. The van der Waals surface area contributed by atoms with Crippen molar-refractivity contribution in [3.8, 4) is 11.5 Å². The lowest BCUT2D eigenvalue weighted by Gasteiger charge is -2.17. The maximum Gasteiger partial charge on any atom is 0.349 e. The van der Waals surface area contributed by atoms with Gasteiger partial charge in [0.1, 0.15) is 17.1 Å². The molecule has 16 heavy (non-hydrogen) atoms. The molecule has 5 nitrogen and oxygen atoms in total. The van der Waals surface area contributed by atoms with Gasteiger partial charge in [-0.25, -0.2) is 4.79 Å². The number of ether oxygens (including phenoxy) is 3. The Kier molecular flexibility index (Phi) is 2.36. The van der Waals surface area contributed by atoms with Gasteiger partial charge in [0.05, 0.1) is 0 Å². The first-order valence-corrected chi connectivity index (χ1v) is 4.47. The molecular formula is C11H8O5. The molecule has 0 spiro atoms. The van der Waals surface area contributed by atoms with Crippen molar-refractivity contribution in [1.29, 1.82) is 0 Å². The molecule has 2 rings (SSSR count). The summed E-state index contributed by atoms with van der Waals surface area (Å²) in [5.41, 5.74) is 0.267. The van der Waals surface area contributed by atoms with Crippen LogP contribution in [0.5, 0.6) is 11.5 Å². The Morgan fingerprint density at radius 1 is 1.38 bits per heavy atom. The number of rotatable bonds is 1. The van der Waals surface area contributed by atoms with Gasteiger partial charge in [-0.3, -0.25) is 4.79 Å². The number of benzene rings is 1. The third kappa shape index (κ3) is 1.88. The van der Waals surface area contributed by atoms with E-state index in [1.165, 1.54) is 25.1 Å². The van der Waals surface area contributed by atoms with Gasteiger partial charge in [0.25, 0.3) is 5.95 Å². The minimum atomic E-state index is -0.541. The Labute approximate surface area is 91.2 Å². The molecule has 82 valence electrons. The van der Waals surface area contributed by atoms with Crippen LogP contribution in [0, 0.1) is 0 Å². The van der Waals surface area contributed by atoms with Crippen molar-refractivity contribution in [1.82, 2.24) is 0 Å². The Hall–Kier alpha value is -2.30. The predicted molar refractivity (Wildman–Crippen MR) is 52.9 cm³/mol. The molecule has 0 amide bonds. The molecule has 0 N–H and O–H groups in total. The molecule has 0 radical (unpaired) electrons. The van der Waals surface area contributed by atoms with E-state index in [9.17, 15) is 9.59 Å². The van der Waals surface area contributed by atoms with Crippen LogP contribution in [0.4, 0.5) is 0 Å². The van der Waals surface area contributed by atoms with Crippen molar-refractivity contribution >= 4 is 11.9 Å². The standard InChI is InChI=1S/C11H8O5/c1-6(12)14-8-3-4-9-10(5-8)15-7(2)16-11(9)13/h3-5H,2H2,1H3. The van der Waals surface area contributed by atoms with E-state index in [2.05, 4.69) is 11.3 Å². The van der Waals surface area contributed by atoms with Gasteiger partial charge in [0.2, 0.25) is 0 Å². The Bertz CT molecular complexity index is 489. The van der Waals surface area contributed by atoms with Crippen LogP contribution in [0.2, 0.25) is 0 Å². The highest BCUT2D eigenvalue weighted by Crippen LogP contribution is 2.30. The Balaban J connectivity index is 2.38. The molecule has 0 atom stereocenters. The molecule has 1 aromatic rings. The maximum atomic E-state index is 11.4. The van der Waals surface area contributed by atoms with Gasteiger partial charge >= 0.3 is 11.9 Å². The summed E-state index contributed by atoms with van der Waals surface area (Å²) in [7, 11) is 0. The van der Waals surface area contributed by atoms with Crippen LogP contribution in [0.1, 0.15) is 17.3 Å². The average molecular weight is 220 g/mol. The minimum Gasteiger partial charge on any atom is -0.427 e. The first-order valence-electron chi connectivity index (χ1n) is 4.47. The number of fused-ring (bicyclic) bond motifs is 1. The monoisotopic (exact) mass is 220 g/mol. The van der Waals surface area contributed by atoms with E-state index in [4.69, 9.17) is 9.47 Å². The van der Waals surface area contributed by atoms with E-state index in [-0.39, 0.29) is 17.3 Å².